The average molecular weight is 244 g/mol. The molecular formula is C12H24N2O3. The van der Waals surface area contributed by atoms with Crippen molar-refractivity contribution in [2.45, 2.75) is 52.1 Å². The molecule has 5 nitrogen and oxygen atoms in total. The maximum absolute atomic E-state index is 11.2. The van der Waals surface area contributed by atoms with Gasteiger partial charge in [-0.1, -0.05) is 39.5 Å². The zero-order chi connectivity index (χ0) is 13.3. The first-order valence-electron chi connectivity index (χ1n) is 6.20. The summed E-state index contributed by atoms with van der Waals surface area (Å²) in [7, 11) is 0. The molecule has 5 heteroatoms. The van der Waals surface area contributed by atoms with E-state index in [9.17, 15) is 9.59 Å². The van der Waals surface area contributed by atoms with Crippen LogP contribution >= 0.6 is 0 Å². The van der Waals surface area contributed by atoms with Crippen molar-refractivity contribution in [1.29, 1.82) is 0 Å². The number of amides is 2. The van der Waals surface area contributed by atoms with Crippen LogP contribution in [0.15, 0.2) is 0 Å². The Bertz CT molecular complexity index is 244. The molecule has 0 saturated heterocycles. The van der Waals surface area contributed by atoms with Crippen LogP contribution in [0.2, 0.25) is 0 Å². The van der Waals surface area contributed by atoms with E-state index in [1.54, 1.807) is 0 Å². The molecule has 2 unspecified atom stereocenters. The number of hydrogen-bond donors (Lipinski definition) is 2. The number of ether oxygens (including phenoxy) is 1. The van der Waals surface area contributed by atoms with Crippen LogP contribution in [0.4, 0.5) is 0 Å². The molecule has 0 radical (unpaired) electrons. The van der Waals surface area contributed by atoms with Gasteiger partial charge >= 0.3 is 0 Å². The highest BCUT2D eigenvalue weighted by Gasteiger charge is 2.21. The Hall–Kier alpha value is -1.10. The molecule has 100 valence electrons. The lowest BCUT2D eigenvalue weighted by Gasteiger charge is -2.20. The van der Waals surface area contributed by atoms with Gasteiger partial charge in [0.2, 0.25) is 11.8 Å². The second kappa shape index (κ2) is 8.98. The van der Waals surface area contributed by atoms with E-state index in [1.807, 2.05) is 0 Å². The van der Waals surface area contributed by atoms with Crippen molar-refractivity contribution in [2.75, 3.05) is 6.61 Å². The van der Waals surface area contributed by atoms with Crippen molar-refractivity contribution >= 4 is 11.8 Å². The van der Waals surface area contributed by atoms with E-state index in [1.165, 1.54) is 0 Å². The van der Waals surface area contributed by atoms with Gasteiger partial charge in [0, 0.05) is 0 Å². The van der Waals surface area contributed by atoms with Gasteiger partial charge in [-0.3, -0.25) is 9.59 Å². The van der Waals surface area contributed by atoms with Crippen LogP contribution in [0.25, 0.3) is 0 Å². The molecule has 0 aromatic heterocycles. The Morgan fingerprint density at radius 1 is 1.24 bits per heavy atom. The molecule has 0 aliphatic carbocycles. The highest BCUT2D eigenvalue weighted by molar-refractivity contribution is 5.80. The summed E-state index contributed by atoms with van der Waals surface area (Å²) in [6.07, 6.45) is 4.14. The van der Waals surface area contributed by atoms with Crippen LogP contribution < -0.4 is 11.5 Å². The SMILES string of the molecule is CCCCC(CC)CC(OCC(N)=O)C(N)=O. The first-order chi connectivity index (χ1) is 8.01. The number of rotatable bonds is 10. The topological polar surface area (TPSA) is 95.4 Å². The minimum Gasteiger partial charge on any atom is -0.368 e. The van der Waals surface area contributed by atoms with Crippen LogP contribution in [0.1, 0.15) is 46.0 Å². The van der Waals surface area contributed by atoms with Crippen molar-refractivity contribution in [3.05, 3.63) is 0 Å². The van der Waals surface area contributed by atoms with Crippen molar-refractivity contribution < 1.29 is 14.3 Å². The summed E-state index contributed by atoms with van der Waals surface area (Å²) >= 11 is 0. The monoisotopic (exact) mass is 244 g/mol. The molecule has 0 aliphatic rings. The molecule has 0 heterocycles. The van der Waals surface area contributed by atoms with Crippen molar-refractivity contribution in [3.63, 3.8) is 0 Å². The minimum atomic E-state index is -0.704. The fraction of sp³-hybridized carbons (Fsp3) is 0.833. The number of primary amides is 2. The lowest BCUT2D eigenvalue weighted by molar-refractivity contribution is -0.135. The van der Waals surface area contributed by atoms with Gasteiger partial charge in [0.05, 0.1) is 0 Å². The largest absolute Gasteiger partial charge is 0.368 e. The van der Waals surface area contributed by atoms with E-state index in [4.69, 9.17) is 16.2 Å². The maximum Gasteiger partial charge on any atom is 0.246 e. The second-order valence-electron chi connectivity index (χ2n) is 4.32. The summed E-state index contributed by atoms with van der Waals surface area (Å²) in [4.78, 5) is 21.8. The van der Waals surface area contributed by atoms with Crippen LogP contribution in [0, 0.1) is 5.92 Å². The third kappa shape index (κ3) is 7.74. The summed E-state index contributed by atoms with van der Waals surface area (Å²) in [5.41, 5.74) is 10.2. The lowest BCUT2D eigenvalue weighted by Crippen LogP contribution is -2.35. The predicted molar refractivity (Wildman–Crippen MR) is 66.1 cm³/mol. The molecule has 17 heavy (non-hydrogen) atoms. The highest BCUT2D eigenvalue weighted by atomic mass is 16.5. The Kier molecular flexibility index (Phi) is 8.40. The number of nitrogens with two attached hydrogens (primary N) is 2. The third-order valence-corrected chi connectivity index (χ3v) is 2.83. The zero-order valence-electron chi connectivity index (χ0n) is 10.8. The second-order valence-corrected chi connectivity index (χ2v) is 4.32. The quantitative estimate of drug-likeness (QED) is 0.599. The average Bonchev–Trinajstić information content (AvgIpc) is 2.27. The third-order valence-electron chi connectivity index (χ3n) is 2.83. The fourth-order valence-corrected chi connectivity index (χ4v) is 1.73. The summed E-state index contributed by atoms with van der Waals surface area (Å²) in [6, 6.07) is 0. The molecule has 0 aromatic carbocycles. The molecule has 2 atom stereocenters. The molecule has 0 rings (SSSR count). The van der Waals surface area contributed by atoms with Gasteiger partial charge < -0.3 is 16.2 Å². The van der Waals surface area contributed by atoms with Crippen molar-refractivity contribution in [3.8, 4) is 0 Å². The molecule has 0 bridgehead atoms. The molecule has 0 fully saturated rings. The van der Waals surface area contributed by atoms with E-state index in [-0.39, 0.29) is 6.61 Å². The van der Waals surface area contributed by atoms with Crippen molar-refractivity contribution in [1.82, 2.24) is 0 Å². The van der Waals surface area contributed by atoms with E-state index < -0.39 is 17.9 Å². The van der Waals surface area contributed by atoms with E-state index in [2.05, 4.69) is 13.8 Å². The Morgan fingerprint density at radius 2 is 1.88 bits per heavy atom. The smallest absolute Gasteiger partial charge is 0.246 e. The minimum absolute atomic E-state index is 0.252. The normalized spacial score (nSPS) is 14.2. The standard InChI is InChI=1S/C12H24N2O3/c1-3-5-6-9(4-2)7-10(12(14)16)17-8-11(13)15/h9-10H,3-8H2,1-2H3,(H2,13,15)(H2,14,16). The van der Waals surface area contributed by atoms with Crippen LogP contribution in [-0.4, -0.2) is 24.5 Å². The Morgan fingerprint density at radius 3 is 2.29 bits per heavy atom. The van der Waals surface area contributed by atoms with Gasteiger partial charge in [0.25, 0.3) is 0 Å². The number of carbonyl (C=O) groups is 2. The van der Waals surface area contributed by atoms with Crippen LogP contribution in [-0.2, 0) is 14.3 Å². The predicted octanol–water partition coefficient (Wildman–Crippen LogP) is 0.949. The fourth-order valence-electron chi connectivity index (χ4n) is 1.73. The van der Waals surface area contributed by atoms with E-state index in [0.717, 1.165) is 25.7 Å². The first-order valence-corrected chi connectivity index (χ1v) is 6.20. The van der Waals surface area contributed by atoms with Crippen molar-refractivity contribution in [2.24, 2.45) is 17.4 Å². The number of carbonyl (C=O) groups excluding carboxylic acids is 2. The summed E-state index contributed by atoms with van der Waals surface area (Å²) < 4.78 is 5.13. The first kappa shape index (κ1) is 15.9. The van der Waals surface area contributed by atoms with E-state index in [0.29, 0.717) is 12.3 Å². The molecule has 2 amide bonds. The Labute approximate surface area is 103 Å². The molecule has 4 N–H and O–H groups in total. The van der Waals surface area contributed by atoms with Crippen LogP contribution in [0.3, 0.4) is 0 Å². The lowest BCUT2D eigenvalue weighted by atomic mass is 9.93. The zero-order valence-corrected chi connectivity index (χ0v) is 10.8. The van der Waals surface area contributed by atoms with E-state index >= 15 is 0 Å². The van der Waals surface area contributed by atoms with Crippen LogP contribution in [0.5, 0.6) is 0 Å². The molecular weight excluding hydrogens is 220 g/mol. The molecule has 0 saturated carbocycles. The highest BCUT2D eigenvalue weighted by Crippen LogP contribution is 2.19. The Balaban J connectivity index is 4.19. The summed E-state index contributed by atoms with van der Waals surface area (Å²) in [5, 5.41) is 0. The van der Waals surface area contributed by atoms with Gasteiger partial charge in [-0.05, 0) is 12.3 Å². The summed E-state index contributed by atoms with van der Waals surface area (Å²) in [6.45, 7) is 3.95. The van der Waals surface area contributed by atoms with Gasteiger partial charge in [0.1, 0.15) is 12.7 Å². The maximum atomic E-state index is 11.2. The molecule has 0 spiro atoms. The molecule has 0 aliphatic heterocycles. The number of unbranched alkanes of at least 4 members (excludes halogenated alkanes) is 1. The van der Waals surface area contributed by atoms with Gasteiger partial charge in [-0.2, -0.15) is 0 Å². The summed E-state index contributed by atoms with van der Waals surface area (Å²) in [5.74, 6) is -0.709. The molecule has 0 aromatic rings. The van der Waals surface area contributed by atoms with Gasteiger partial charge in [-0.25, -0.2) is 0 Å². The van der Waals surface area contributed by atoms with Gasteiger partial charge in [-0.15, -0.1) is 0 Å². The number of hydrogen-bond acceptors (Lipinski definition) is 3. The van der Waals surface area contributed by atoms with Gasteiger partial charge in [0.15, 0.2) is 0 Å².